The molecule has 140 valence electrons. The van der Waals surface area contributed by atoms with E-state index in [0.29, 0.717) is 33.2 Å². The Hall–Kier alpha value is -2.03. The fourth-order valence-corrected chi connectivity index (χ4v) is 3.73. The van der Waals surface area contributed by atoms with Crippen LogP contribution in [0.5, 0.6) is 0 Å². The minimum absolute atomic E-state index is 0.237. The normalized spacial score (nSPS) is 11.4. The second kappa shape index (κ2) is 7.92. The number of alkyl halides is 3. The van der Waals surface area contributed by atoms with E-state index in [4.69, 9.17) is 11.6 Å². The minimum Gasteiger partial charge on any atom is -0.322 e. The number of benzene rings is 2. The molecule has 1 N–H and O–H groups in total. The van der Waals surface area contributed by atoms with Crippen molar-refractivity contribution in [3.05, 3.63) is 63.4 Å². The Morgan fingerprint density at radius 2 is 1.89 bits per heavy atom. The molecule has 0 saturated carbocycles. The highest BCUT2D eigenvalue weighted by molar-refractivity contribution is 7.98. The second-order valence-electron chi connectivity index (χ2n) is 5.41. The molecular formula is C18H12ClF3N2OS2. The molecule has 3 aromatic rings. The lowest BCUT2D eigenvalue weighted by Crippen LogP contribution is -2.12. The number of carbonyl (C=O) groups is 1. The van der Waals surface area contributed by atoms with Crippen LogP contribution in [0, 0.1) is 0 Å². The molecule has 0 saturated heterocycles. The van der Waals surface area contributed by atoms with E-state index in [1.165, 1.54) is 17.1 Å². The molecule has 0 aliphatic rings. The molecule has 1 aromatic heterocycles. The first-order valence-electron chi connectivity index (χ1n) is 7.56. The fourth-order valence-electron chi connectivity index (χ4n) is 2.27. The molecule has 3 rings (SSSR count). The van der Waals surface area contributed by atoms with Gasteiger partial charge in [-0.2, -0.15) is 13.2 Å². The van der Waals surface area contributed by atoms with Gasteiger partial charge in [-0.25, -0.2) is 4.98 Å². The predicted octanol–water partition coefficient (Wildman–Crippen LogP) is 6.46. The summed E-state index contributed by atoms with van der Waals surface area (Å²) in [5.41, 5.74) is 1.61. The Labute approximate surface area is 166 Å². The van der Waals surface area contributed by atoms with Gasteiger partial charge in [0.05, 0.1) is 16.3 Å². The fraction of sp³-hybridized carbons (Fsp3) is 0.111. The predicted molar refractivity (Wildman–Crippen MR) is 104 cm³/mol. The smallest absolute Gasteiger partial charge is 0.322 e. The van der Waals surface area contributed by atoms with Crippen molar-refractivity contribution >= 4 is 46.3 Å². The molecule has 0 aliphatic heterocycles. The number of hydrogen-bond donors (Lipinski definition) is 1. The van der Waals surface area contributed by atoms with Crippen molar-refractivity contribution in [2.45, 2.75) is 11.1 Å². The number of nitrogens with one attached hydrogen (secondary N) is 1. The molecule has 0 radical (unpaired) electrons. The lowest BCUT2D eigenvalue weighted by molar-refractivity contribution is -0.137. The number of amides is 1. The highest BCUT2D eigenvalue weighted by Gasteiger charge is 2.34. The van der Waals surface area contributed by atoms with Crippen LogP contribution in [0.4, 0.5) is 18.9 Å². The van der Waals surface area contributed by atoms with Crippen LogP contribution in [-0.4, -0.2) is 17.1 Å². The summed E-state index contributed by atoms with van der Waals surface area (Å²) in [6, 6.07) is 11.6. The molecule has 1 amide bonds. The SMILES string of the molecule is CSc1ccc(C(=O)Nc2ccc(-c3csc(C(F)(F)F)n3)cc2)c(Cl)c1. The average Bonchev–Trinajstić information content (AvgIpc) is 3.12. The third-order valence-electron chi connectivity index (χ3n) is 3.61. The van der Waals surface area contributed by atoms with E-state index < -0.39 is 11.2 Å². The second-order valence-corrected chi connectivity index (χ2v) is 7.56. The molecule has 0 atom stereocenters. The van der Waals surface area contributed by atoms with Crippen LogP contribution < -0.4 is 5.32 Å². The standard InChI is InChI=1S/C18H12ClF3N2OS2/c1-26-12-6-7-13(14(19)8-12)16(25)23-11-4-2-10(3-5-11)15-9-27-17(24-15)18(20,21)22/h2-9H,1H3,(H,23,25). The summed E-state index contributed by atoms with van der Waals surface area (Å²) in [7, 11) is 0. The van der Waals surface area contributed by atoms with Crippen LogP contribution in [0.15, 0.2) is 52.7 Å². The van der Waals surface area contributed by atoms with Gasteiger partial charge >= 0.3 is 6.18 Å². The van der Waals surface area contributed by atoms with Crippen molar-refractivity contribution in [1.82, 2.24) is 4.98 Å². The maximum absolute atomic E-state index is 12.7. The molecule has 1 heterocycles. The number of carbonyl (C=O) groups excluding carboxylic acids is 1. The third-order valence-corrected chi connectivity index (χ3v) is 5.53. The zero-order valence-electron chi connectivity index (χ0n) is 13.8. The van der Waals surface area contributed by atoms with Gasteiger partial charge < -0.3 is 5.32 Å². The van der Waals surface area contributed by atoms with Crippen LogP contribution >= 0.6 is 34.7 Å². The van der Waals surface area contributed by atoms with Crippen molar-refractivity contribution in [3.8, 4) is 11.3 Å². The Morgan fingerprint density at radius 1 is 1.19 bits per heavy atom. The number of nitrogens with zero attached hydrogens (tertiary/aromatic N) is 1. The van der Waals surface area contributed by atoms with Gasteiger partial charge in [-0.3, -0.25) is 4.79 Å². The highest BCUT2D eigenvalue weighted by Crippen LogP contribution is 2.34. The Balaban J connectivity index is 1.74. The number of thioether (sulfide) groups is 1. The van der Waals surface area contributed by atoms with E-state index in [-0.39, 0.29) is 11.6 Å². The Kier molecular flexibility index (Phi) is 5.78. The molecule has 27 heavy (non-hydrogen) atoms. The third kappa shape index (κ3) is 4.63. The largest absolute Gasteiger partial charge is 0.443 e. The highest BCUT2D eigenvalue weighted by atomic mass is 35.5. The maximum Gasteiger partial charge on any atom is 0.443 e. The van der Waals surface area contributed by atoms with E-state index in [2.05, 4.69) is 10.3 Å². The maximum atomic E-state index is 12.7. The van der Waals surface area contributed by atoms with E-state index >= 15 is 0 Å². The summed E-state index contributed by atoms with van der Waals surface area (Å²) in [6.45, 7) is 0. The van der Waals surface area contributed by atoms with Crippen molar-refractivity contribution in [3.63, 3.8) is 0 Å². The van der Waals surface area contributed by atoms with E-state index in [1.807, 2.05) is 6.26 Å². The first-order valence-corrected chi connectivity index (χ1v) is 10.0. The van der Waals surface area contributed by atoms with Crippen LogP contribution in [0.25, 0.3) is 11.3 Å². The van der Waals surface area contributed by atoms with Crippen molar-refractivity contribution < 1.29 is 18.0 Å². The van der Waals surface area contributed by atoms with Gasteiger partial charge in [0.25, 0.3) is 5.91 Å². The molecule has 0 spiro atoms. The van der Waals surface area contributed by atoms with Crippen molar-refractivity contribution in [2.75, 3.05) is 11.6 Å². The zero-order chi connectivity index (χ0) is 19.6. The number of aromatic nitrogens is 1. The number of rotatable bonds is 4. The number of anilines is 1. The summed E-state index contributed by atoms with van der Waals surface area (Å²) in [5.74, 6) is -0.367. The Bertz CT molecular complexity index is 971. The summed E-state index contributed by atoms with van der Waals surface area (Å²) < 4.78 is 38.0. The van der Waals surface area contributed by atoms with Gasteiger partial charge in [0.1, 0.15) is 0 Å². The lowest BCUT2D eigenvalue weighted by Gasteiger charge is -2.08. The van der Waals surface area contributed by atoms with Gasteiger partial charge in [-0.15, -0.1) is 23.1 Å². The summed E-state index contributed by atoms with van der Waals surface area (Å²) in [6.07, 6.45) is -2.55. The quantitative estimate of drug-likeness (QED) is 0.485. The van der Waals surface area contributed by atoms with Gasteiger partial charge in [0.15, 0.2) is 5.01 Å². The molecule has 2 aromatic carbocycles. The average molecular weight is 429 g/mol. The molecule has 0 unspecified atom stereocenters. The van der Waals surface area contributed by atoms with Crippen molar-refractivity contribution in [1.29, 1.82) is 0 Å². The summed E-state index contributed by atoms with van der Waals surface area (Å²) >= 11 is 8.20. The van der Waals surface area contributed by atoms with E-state index in [1.54, 1.807) is 42.5 Å². The first-order chi connectivity index (χ1) is 12.8. The Morgan fingerprint density at radius 3 is 2.44 bits per heavy atom. The molecule has 0 aliphatic carbocycles. The molecule has 0 bridgehead atoms. The summed E-state index contributed by atoms with van der Waals surface area (Å²) in [5, 5.41) is 3.52. The molecule has 3 nitrogen and oxygen atoms in total. The van der Waals surface area contributed by atoms with Crippen LogP contribution in [0.1, 0.15) is 15.4 Å². The topological polar surface area (TPSA) is 42.0 Å². The number of thiazole rings is 1. The number of halogens is 4. The minimum atomic E-state index is -4.46. The van der Waals surface area contributed by atoms with E-state index in [9.17, 15) is 18.0 Å². The molecule has 9 heteroatoms. The number of hydrogen-bond acceptors (Lipinski definition) is 4. The van der Waals surface area contributed by atoms with Crippen LogP contribution in [0.3, 0.4) is 0 Å². The van der Waals surface area contributed by atoms with E-state index in [0.717, 1.165) is 4.90 Å². The molecule has 0 fully saturated rings. The molecular weight excluding hydrogens is 417 g/mol. The van der Waals surface area contributed by atoms with Gasteiger partial charge in [0, 0.05) is 21.5 Å². The van der Waals surface area contributed by atoms with Gasteiger partial charge in [-0.1, -0.05) is 23.7 Å². The first kappa shape index (κ1) is 19.7. The van der Waals surface area contributed by atoms with Crippen LogP contribution in [0.2, 0.25) is 5.02 Å². The van der Waals surface area contributed by atoms with Crippen LogP contribution in [-0.2, 0) is 6.18 Å². The summed E-state index contributed by atoms with van der Waals surface area (Å²) in [4.78, 5) is 16.9. The van der Waals surface area contributed by atoms with Crippen molar-refractivity contribution in [2.24, 2.45) is 0 Å². The monoisotopic (exact) mass is 428 g/mol. The lowest BCUT2D eigenvalue weighted by atomic mass is 10.1. The zero-order valence-corrected chi connectivity index (χ0v) is 16.2. The van der Waals surface area contributed by atoms with Gasteiger partial charge in [-0.05, 0) is 36.6 Å². The van der Waals surface area contributed by atoms with Gasteiger partial charge in [0.2, 0.25) is 0 Å².